The number of hydrogen-bond acceptors (Lipinski definition) is 3. The van der Waals surface area contributed by atoms with Crippen molar-refractivity contribution in [2.24, 2.45) is 0 Å². The van der Waals surface area contributed by atoms with Crippen LogP contribution >= 0.6 is 0 Å². The normalized spacial score (nSPS) is 17.7. The Kier molecular flexibility index (Phi) is 5.54. The van der Waals surface area contributed by atoms with E-state index >= 15 is 0 Å². The van der Waals surface area contributed by atoms with Gasteiger partial charge in [0.1, 0.15) is 5.82 Å². The van der Waals surface area contributed by atoms with E-state index in [0.717, 1.165) is 48.7 Å². The van der Waals surface area contributed by atoms with Gasteiger partial charge in [-0.2, -0.15) is 0 Å². The number of rotatable bonds is 5. The van der Waals surface area contributed by atoms with Gasteiger partial charge in [-0.15, -0.1) is 0 Å². The molecule has 3 heterocycles. The first-order valence-electron chi connectivity index (χ1n) is 9.59. The molecule has 1 unspecified atom stereocenters. The van der Waals surface area contributed by atoms with Crippen LogP contribution in [0.15, 0.2) is 66.9 Å². The van der Waals surface area contributed by atoms with Gasteiger partial charge < -0.3 is 0 Å². The Labute approximate surface area is 159 Å². The van der Waals surface area contributed by atoms with Crippen molar-refractivity contribution in [3.8, 4) is 0 Å². The molecule has 4 heteroatoms. The molecule has 0 spiro atoms. The van der Waals surface area contributed by atoms with Gasteiger partial charge in [-0.1, -0.05) is 24.3 Å². The minimum Gasteiger partial charge on any atom is -0.297 e. The Bertz CT molecular complexity index is 882. The van der Waals surface area contributed by atoms with Crippen molar-refractivity contribution in [1.29, 1.82) is 0 Å². The van der Waals surface area contributed by atoms with E-state index in [-0.39, 0.29) is 5.82 Å². The van der Waals surface area contributed by atoms with Gasteiger partial charge in [0.05, 0.1) is 5.69 Å². The van der Waals surface area contributed by atoms with Crippen LogP contribution in [0.1, 0.15) is 41.4 Å². The number of halogens is 1. The molecule has 0 saturated carbocycles. The third-order valence-corrected chi connectivity index (χ3v) is 5.14. The van der Waals surface area contributed by atoms with Crippen LogP contribution in [0.2, 0.25) is 0 Å². The van der Waals surface area contributed by atoms with Gasteiger partial charge in [0.15, 0.2) is 0 Å². The van der Waals surface area contributed by atoms with E-state index in [1.807, 2.05) is 30.5 Å². The van der Waals surface area contributed by atoms with Crippen LogP contribution in [0, 0.1) is 5.82 Å². The van der Waals surface area contributed by atoms with Gasteiger partial charge in [-0.25, -0.2) is 4.39 Å². The minimum absolute atomic E-state index is 0.193. The van der Waals surface area contributed by atoms with E-state index in [4.69, 9.17) is 4.98 Å². The zero-order valence-corrected chi connectivity index (χ0v) is 15.4. The summed E-state index contributed by atoms with van der Waals surface area (Å²) < 4.78 is 13.4. The van der Waals surface area contributed by atoms with Crippen LogP contribution in [0.4, 0.5) is 4.39 Å². The summed E-state index contributed by atoms with van der Waals surface area (Å²) in [5.41, 5.74) is 4.22. The molecule has 3 aromatic rings. The number of hydrogen-bond donors (Lipinski definition) is 0. The summed E-state index contributed by atoms with van der Waals surface area (Å²) in [4.78, 5) is 11.8. The highest BCUT2D eigenvalue weighted by atomic mass is 19.1. The Balaban J connectivity index is 1.44. The van der Waals surface area contributed by atoms with Gasteiger partial charge in [0.25, 0.3) is 0 Å². The Morgan fingerprint density at radius 1 is 1.00 bits per heavy atom. The SMILES string of the molecule is Fc1cccc(Cc2cccc(C3CCCN(Cc4ccccn4)C3)n2)c1. The molecule has 1 aliphatic rings. The molecule has 0 bridgehead atoms. The lowest BCUT2D eigenvalue weighted by Crippen LogP contribution is -2.34. The van der Waals surface area contributed by atoms with Gasteiger partial charge in [-0.05, 0) is 61.3 Å². The molecule has 1 aliphatic heterocycles. The highest BCUT2D eigenvalue weighted by Gasteiger charge is 2.22. The summed E-state index contributed by atoms with van der Waals surface area (Å²) in [6.07, 6.45) is 4.85. The van der Waals surface area contributed by atoms with Crippen LogP contribution in [-0.2, 0) is 13.0 Å². The maximum absolute atomic E-state index is 13.4. The van der Waals surface area contributed by atoms with Crippen molar-refractivity contribution in [2.45, 2.75) is 31.7 Å². The fourth-order valence-corrected chi connectivity index (χ4v) is 3.84. The molecule has 1 aromatic carbocycles. The van der Waals surface area contributed by atoms with E-state index < -0.39 is 0 Å². The Hall–Kier alpha value is -2.59. The molecule has 3 nitrogen and oxygen atoms in total. The first-order valence-corrected chi connectivity index (χ1v) is 9.59. The number of likely N-dealkylation sites (tertiary alicyclic amines) is 1. The fourth-order valence-electron chi connectivity index (χ4n) is 3.84. The van der Waals surface area contributed by atoms with Gasteiger partial charge in [0.2, 0.25) is 0 Å². The van der Waals surface area contributed by atoms with Crippen LogP contribution in [0.3, 0.4) is 0 Å². The van der Waals surface area contributed by atoms with Gasteiger partial charge in [0, 0.05) is 43.0 Å². The maximum atomic E-state index is 13.4. The summed E-state index contributed by atoms with van der Waals surface area (Å²) in [6, 6.07) is 19.1. The standard InChI is InChI=1S/C23H24FN3/c24-20-8-3-6-18(14-20)15-21-10-4-11-23(26-21)19-7-5-13-27(16-19)17-22-9-1-2-12-25-22/h1-4,6,8-12,14,19H,5,7,13,15-17H2. The van der Waals surface area contributed by atoms with Crippen LogP contribution in [0.25, 0.3) is 0 Å². The second-order valence-electron chi connectivity index (χ2n) is 7.26. The predicted octanol–water partition coefficient (Wildman–Crippen LogP) is 4.59. The number of pyridine rings is 2. The molecule has 0 aliphatic carbocycles. The third kappa shape index (κ3) is 4.77. The Morgan fingerprint density at radius 2 is 1.89 bits per heavy atom. The summed E-state index contributed by atoms with van der Waals surface area (Å²) in [7, 11) is 0. The molecule has 1 saturated heterocycles. The molecule has 4 rings (SSSR count). The van der Waals surface area contributed by atoms with Crippen molar-refractivity contribution in [1.82, 2.24) is 14.9 Å². The molecule has 27 heavy (non-hydrogen) atoms. The van der Waals surface area contributed by atoms with E-state index in [1.165, 1.54) is 12.5 Å². The first-order chi connectivity index (χ1) is 13.3. The molecular weight excluding hydrogens is 337 g/mol. The highest BCUT2D eigenvalue weighted by molar-refractivity contribution is 5.24. The molecule has 0 radical (unpaired) electrons. The van der Waals surface area contributed by atoms with Crippen molar-refractivity contribution in [2.75, 3.05) is 13.1 Å². The first kappa shape index (κ1) is 17.8. The number of aromatic nitrogens is 2. The van der Waals surface area contributed by atoms with Crippen molar-refractivity contribution in [3.05, 3.63) is 95.3 Å². The number of benzene rings is 1. The largest absolute Gasteiger partial charge is 0.297 e. The molecule has 138 valence electrons. The molecule has 0 N–H and O–H groups in total. The van der Waals surface area contributed by atoms with Crippen LogP contribution in [0.5, 0.6) is 0 Å². The summed E-state index contributed by atoms with van der Waals surface area (Å²) in [5, 5.41) is 0. The average molecular weight is 361 g/mol. The number of piperidine rings is 1. The zero-order valence-electron chi connectivity index (χ0n) is 15.4. The third-order valence-electron chi connectivity index (χ3n) is 5.14. The maximum Gasteiger partial charge on any atom is 0.123 e. The summed E-state index contributed by atoms with van der Waals surface area (Å²) in [5.74, 6) is 0.246. The molecule has 2 aromatic heterocycles. The van der Waals surface area contributed by atoms with Crippen molar-refractivity contribution >= 4 is 0 Å². The summed E-state index contributed by atoms with van der Waals surface area (Å²) >= 11 is 0. The topological polar surface area (TPSA) is 29.0 Å². The summed E-state index contributed by atoms with van der Waals surface area (Å²) in [6.45, 7) is 3.00. The van der Waals surface area contributed by atoms with Gasteiger partial charge in [-0.3, -0.25) is 14.9 Å². The zero-order chi connectivity index (χ0) is 18.5. The highest BCUT2D eigenvalue weighted by Crippen LogP contribution is 2.27. The second-order valence-corrected chi connectivity index (χ2v) is 7.26. The Morgan fingerprint density at radius 3 is 2.74 bits per heavy atom. The van der Waals surface area contributed by atoms with E-state index in [1.54, 1.807) is 12.1 Å². The van der Waals surface area contributed by atoms with Crippen LogP contribution < -0.4 is 0 Å². The monoisotopic (exact) mass is 361 g/mol. The second kappa shape index (κ2) is 8.40. The van der Waals surface area contributed by atoms with Crippen molar-refractivity contribution < 1.29 is 4.39 Å². The predicted molar refractivity (Wildman–Crippen MR) is 105 cm³/mol. The van der Waals surface area contributed by atoms with E-state index in [9.17, 15) is 4.39 Å². The molecule has 0 amide bonds. The van der Waals surface area contributed by atoms with E-state index in [0.29, 0.717) is 12.3 Å². The lowest BCUT2D eigenvalue weighted by Gasteiger charge is -2.32. The molecule has 1 fully saturated rings. The quantitative estimate of drug-likeness (QED) is 0.666. The lowest BCUT2D eigenvalue weighted by molar-refractivity contribution is 0.196. The van der Waals surface area contributed by atoms with E-state index in [2.05, 4.69) is 28.1 Å². The molecular formula is C23H24FN3. The molecule has 1 atom stereocenters. The van der Waals surface area contributed by atoms with Crippen molar-refractivity contribution in [3.63, 3.8) is 0 Å². The smallest absolute Gasteiger partial charge is 0.123 e. The lowest BCUT2D eigenvalue weighted by atomic mass is 9.93. The number of nitrogens with zero attached hydrogens (tertiary/aromatic N) is 3. The average Bonchev–Trinajstić information content (AvgIpc) is 2.69. The minimum atomic E-state index is -0.193. The van der Waals surface area contributed by atoms with Gasteiger partial charge >= 0.3 is 0 Å². The van der Waals surface area contributed by atoms with Crippen LogP contribution in [-0.4, -0.2) is 28.0 Å². The fraction of sp³-hybridized carbons (Fsp3) is 0.304.